The van der Waals surface area contributed by atoms with Crippen LogP contribution in [0.15, 0.2) is 30.5 Å². The predicted molar refractivity (Wildman–Crippen MR) is 89.6 cm³/mol. The van der Waals surface area contributed by atoms with E-state index in [4.69, 9.17) is 15.2 Å². The van der Waals surface area contributed by atoms with Crippen molar-refractivity contribution in [3.8, 4) is 5.75 Å². The number of hydrogen-bond donors (Lipinski definition) is 2. The Morgan fingerprint density at radius 2 is 2.38 bits per heavy atom. The number of rotatable bonds is 6. The number of aromatic amines is 1. The molecule has 1 aliphatic rings. The molecule has 2 heterocycles. The van der Waals surface area contributed by atoms with E-state index in [0.717, 1.165) is 23.4 Å². The monoisotopic (exact) mass is 330 g/mol. The Bertz CT molecular complexity index is 701. The van der Waals surface area contributed by atoms with Crippen molar-refractivity contribution in [3.05, 3.63) is 41.7 Å². The summed E-state index contributed by atoms with van der Waals surface area (Å²) in [6.45, 7) is 1.81. The minimum atomic E-state index is -0.00140. The fraction of sp³-hybridized carbons (Fsp3) is 0.412. The summed E-state index contributed by atoms with van der Waals surface area (Å²) in [5.41, 5.74) is 8.43. The van der Waals surface area contributed by atoms with Crippen LogP contribution in [0, 0.1) is 0 Å². The van der Waals surface area contributed by atoms with E-state index in [1.54, 1.807) is 13.3 Å². The number of methoxy groups -OCH3 is 1. The Balaban J connectivity index is 1.46. The van der Waals surface area contributed by atoms with Crippen molar-refractivity contribution in [3.63, 3.8) is 0 Å². The van der Waals surface area contributed by atoms with E-state index in [1.165, 1.54) is 0 Å². The third-order valence-corrected chi connectivity index (χ3v) is 4.28. The third-order valence-electron chi connectivity index (χ3n) is 4.28. The molecule has 7 heteroatoms. The quantitative estimate of drug-likeness (QED) is 0.838. The first-order valence-corrected chi connectivity index (χ1v) is 7.94. The van der Waals surface area contributed by atoms with E-state index >= 15 is 0 Å². The number of ether oxygens (including phenoxy) is 2. The lowest BCUT2D eigenvalue weighted by molar-refractivity contribution is -0.135. The van der Waals surface area contributed by atoms with Crippen LogP contribution < -0.4 is 10.5 Å². The molecule has 0 aliphatic carbocycles. The Morgan fingerprint density at radius 1 is 1.50 bits per heavy atom. The van der Waals surface area contributed by atoms with Crippen LogP contribution in [0.3, 0.4) is 0 Å². The zero-order valence-electron chi connectivity index (χ0n) is 13.7. The van der Waals surface area contributed by atoms with Gasteiger partial charge in [0, 0.05) is 19.0 Å². The van der Waals surface area contributed by atoms with Gasteiger partial charge in [0.2, 0.25) is 5.91 Å². The third kappa shape index (κ3) is 3.68. The van der Waals surface area contributed by atoms with Crippen LogP contribution >= 0.6 is 0 Å². The summed E-state index contributed by atoms with van der Waals surface area (Å²) in [5.74, 6) is 0.996. The molecule has 3 N–H and O–H groups in total. The fourth-order valence-corrected chi connectivity index (χ4v) is 2.96. The van der Waals surface area contributed by atoms with Crippen LogP contribution in [0.25, 0.3) is 0 Å². The highest BCUT2D eigenvalue weighted by Gasteiger charge is 2.29. The molecule has 1 saturated heterocycles. The minimum absolute atomic E-state index is 0.00140. The molecular weight excluding hydrogens is 308 g/mol. The van der Waals surface area contributed by atoms with Crippen LogP contribution in [0.5, 0.6) is 5.75 Å². The molecular formula is C17H22N4O3. The van der Waals surface area contributed by atoms with Gasteiger partial charge in [-0.2, -0.15) is 5.10 Å². The molecule has 24 heavy (non-hydrogen) atoms. The molecule has 1 atom stereocenters. The van der Waals surface area contributed by atoms with E-state index in [0.29, 0.717) is 25.4 Å². The maximum absolute atomic E-state index is 12.3. The molecule has 1 amide bonds. The lowest BCUT2D eigenvalue weighted by Crippen LogP contribution is -2.31. The number of nitrogens with zero attached hydrogens (tertiary/aromatic N) is 2. The summed E-state index contributed by atoms with van der Waals surface area (Å²) in [7, 11) is 1.62. The molecule has 7 nitrogen and oxygen atoms in total. The number of carbonyl (C=O) groups excluding carboxylic acids is 1. The summed E-state index contributed by atoms with van der Waals surface area (Å²) in [4.78, 5) is 14.1. The van der Waals surface area contributed by atoms with Crippen molar-refractivity contribution in [2.24, 2.45) is 0 Å². The predicted octanol–water partition coefficient (Wildman–Crippen LogP) is 1.53. The van der Waals surface area contributed by atoms with Crippen LogP contribution in [-0.4, -0.2) is 47.8 Å². The van der Waals surface area contributed by atoms with E-state index < -0.39 is 0 Å². The molecule has 128 valence electrons. The van der Waals surface area contributed by atoms with Gasteiger partial charge in [-0.3, -0.25) is 9.89 Å². The summed E-state index contributed by atoms with van der Waals surface area (Å²) in [5, 5.41) is 6.87. The van der Waals surface area contributed by atoms with Gasteiger partial charge in [-0.15, -0.1) is 0 Å². The van der Waals surface area contributed by atoms with Gasteiger partial charge in [0.1, 0.15) is 12.4 Å². The van der Waals surface area contributed by atoms with Gasteiger partial charge in [0.05, 0.1) is 31.3 Å². The van der Waals surface area contributed by atoms with E-state index in [2.05, 4.69) is 10.2 Å². The standard InChI is InChI=1S/C17H22N4O3/c1-23-14-4-2-3-12(7-14)10-24-11-16(22)21-6-5-13(9-21)17-15(18)8-19-20-17/h2-4,7-8,13H,5-6,9-11,18H2,1H3,(H,19,20). The second-order valence-electron chi connectivity index (χ2n) is 5.91. The molecule has 0 radical (unpaired) electrons. The fourth-order valence-electron chi connectivity index (χ4n) is 2.96. The smallest absolute Gasteiger partial charge is 0.248 e. The van der Waals surface area contributed by atoms with Crippen LogP contribution in [-0.2, 0) is 16.1 Å². The highest BCUT2D eigenvalue weighted by atomic mass is 16.5. The number of amides is 1. The first-order chi connectivity index (χ1) is 11.7. The largest absolute Gasteiger partial charge is 0.497 e. The summed E-state index contributed by atoms with van der Waals surface area (Å²) >= 11 is 0. The average molecular weight is 330 g/mol. The number of anilines is 1. The maximum atomic E-state index is 12.3. The van der Waals surface area contributed by atoms with Crippen molar-refractivity contribution in [2.75, 3.05) is 32.5 Å². The van der Waals surface area contributed by atoms with Gasteiger partial charge >= 0.3 is 0 Å². The molecule has 1 aromatic carbocycles. The number of nitrogen functional groups attached to an aromatic ring is 1. The van der Waals surface area contributed by atoms with E-state index in [-0.39, 0.29) is 18.4 Å². The molecule has 3 rings (SSSR count). The highest BCUT2D eigenvalue weighted by Crippen LogP contribution is 2.29. The number of nitrogens with two attached hydrogens (primary N) is 1. The van der Waals surface area contributed by atoms with Crippen molar-refractivity contribution in [2.45, 2.75) is 18.9 Å². The second-order valence-corrected chi connectivity index (χ2v) is 5.91. The zero-order valence-corrected chi connectivity index (χ0v) is 13.7. The Kier molecular flexibility index (Phi) is 5.00. The highest BCUT2D eigenvalue weighted by molar-refractivity contribution is 5.77. The summed E-state index contributed by atoms with van der Waals surface area (Å²) in [6.07, 6.45) is 2.49. The Labute approximate surface area is 140 Å². The van der Waals surface area contributed by atoms with Crippen molar-refractivity contribution >= 4 is 11.6 Å². The molecule has 1 fully saturated rings. The van der Waals surface area contributed by atoms with Crippen molar-refractivity contribution < 1.29 is 14.3 Å². The average Bonchev–Trinajstić information content (AvgIpc) is 3.23. The van der Waals surface area contributed by atoms with Gasteiger partial charge < -0.3 is 20.1 Å². The number of carbonyl (C=O) groups is 1. The molecule has 1 aliphatic heterocycles. The lowest BCUT2D eigenvalue weighted by atomic mass is 10.0. The summed E-state index contributed by atoms with van der Waals surface area (Å²) < 4.78 is 10.7. The van der Waals surface area contributed by atoms with Gasteiger partial charge in [-0.05, 0) is 24.1 Å². The molecule has 0 bridgehead atoms. The number of likely N-dealkylation sites (tertiary alicyclic amines) is 1. The van der Waals surface area contributed by atoms with Crippen LogP contribution in [0.1, 0.15) is 23.6 Å². The molecule has 2 aromatic rings. The first-order valence-electron chi connectivity index (χ1n) is 7.94. The van der Waals surface area contributed by atoms with Crippen LogP contribution in [0.4, 0.5) is 5.69 Å². The number of nitrogens with one attached hydrogen (secondary N) is 1. The van der Waals surface area contributed by atoms with E-state index in [1.807, 2.05) is 29.2 Å². The molecule has 1 unspecified atom stereocenters. The Morgan fingerprint density at radius 3 is 3.12 bits per heavy atom. The molecule has 0 spiro atoms. The number of H-pyrrole nitrogens is 1. The van der Waals surface area contributed by atoms with Gasteiger partial charge in [-0.1, -0.05) is 12.1 Å². The SMILES string of the molecule is COc1cccc(COCC(=O)N2CCC(c3[nH]ncc3N)C2)c1. The van der Waals surface area contributed by atoms with Crippen molar-refractivity contribution in [1.29, 1.82) is 0 Å². The van der Waals surface area contributed by atoms with Crippen molar-refractivity contribution in [1.82, 2.24) is 15.1 Å². The van der Waals surface area contributed by atoms with Gasteiger partial charge in [-0.25, -0.2) is 0 Å². The molecule has 0 saturated carbocycles. The first kappa shape index (κ1) is 16.3. The van der Waals surface area contributed by atoms with Gasteiger partial charge in [0.15, 0.2) is 0 Å². The number of benzene rings is 1. The second kappa shape index (κ2) is 7.35. The normalized spacial score (nSPS) is 17.2. The number of aromatic nitrogens is 2. The van der Waals surface area contributed by atoms with Crippen LogP contribution in [0.2, 0.25) is 0 Å². The topological polar surface area (TPSA) is 93.5 Å². The van der Waals surface area contributed by atoms with E-state index in [9.17, 15) is 4.79 Å². The zero-order chi connectivity index (χ0) is 16.9. The molecule has 1 aromatic heterocycles. The minimum Gasteiger partial charge on any atom is -0.497 e. The van der Waals surface area contributed by atoms with Gasteiger partial charge in [0.25, 0.3) is 0 Å². The maximum Gasteiger partial charge on any atom is 0.248 e. The number of hydrogen-bond acceptors (Lipinski definition) is 5. The summed E-state index contributed by atoms with van der Waals surface area (Å²) in [6, 6.07) is 7.62. The Hall–Kier alpha value is -2.54. The lowest BCUT2D eigenvalue weighted by Gasteiger charge is -2.16.